The van der Waals surface area contributed by atoms with E-state index in [1.807, 2.05) is 6.07 Å². The molecule has 0 aromatic heterocycles. The number of hydrogen-bond donors (Lipinski definition) is 2. The number of hydrogen-bond acceptors (Lipinski definition) is 2. The molecule has 1 aromatic rings. The maximum absolute atomic E-state index is 9.00. The summed E-state index contributed by atoms with van der Waals surface area (Å²) in [5, 5.41) is 16.2. The number of rotatable bonds is 5. The first kappa shape index (κ1) is 15.7. The molecule has 3 heteroatoms. The van der Waals surface area contributed by atoms with Gasteiger partial charge in [0.15, 0.2) is 0 Å². The number of aryl methyl sites for hydroxylation is 1. The van der Waals surface area contributed by atoms with E-state index in [9.17, 15) is 0 Å². The van der Waals surface area contributed by atoms with Crippen molar-refractivity contribution in [1.29, 1.82) is 0 Å². The minimum absolute atomic E-state index is 0.315. The number of aliphatic hydroxyl groups is 1. The fourth-order valence-electron chi connectivity index (χ4n) is 1.42. The Morgan fingerprint density at radius 3 is 2.24 bits per heavy atom. The molecule has 0 radical (unpaired) electrons. The van der Waals surface area contributed by atoms with E-state index in [0.29, 0.717) is 12.5 Å². The summed E-state index contributed by atoms with van der Waals surface area (Å²) >= 11 is 0. The zero-order valence-corrected chi connectivity index (χ0v) is 10.6. The zero-order chi connectivity index (χ0) is 13.1. The number of carbonyl (C=O) groups is 1. The Kier molecular flexibility index (Phi) is 9.06. The third kappa shape index (κ3) is 10.9. The Balaban J connectivity index is 0.000000557. The maximum Gasteiger partial charge on any atom is 0.300 e. The number of benzene rings is 1. The van der Waals surface area contributed by atoms with Crippen LogP contribution in [0.5, 0.6) is 0 Å². The van der Waals surface area contributed by atoms with Crippen molar-refractivity contribution in [2.75, 3.05) is 6.61 Å². The van der Waals surface area contributed by atoms with Gasteiger partial charge in [-0.2, -0.15) is 0 Å². The molecular formula is C14H22O3. The minimum atomic E-state index is -0.833. The molecule has 0 aliphatic rings. The maximum atomic E-state index is 9.00. The molecule has 0 saturated heterocycles. The van der Waals surface area contributed by atoms with E-state index in [4.69, 9.17) is 15.0 Å². The van der Waals surface area contributed by atoms with E-state index in [2.05, 4.69) is 31.2 Å². The summed E-state index contributed by atoms with van der Waals surface area (Å²) in [6.07, 6.45) is 3.22. The molecule has 0 bridgehead atoms. The van der Waals surface area contributed by atoms with Crippen LogP contribution in [-0.4, -0.2) is 22.8 Å². The second kappa shape index (κ2) is 9.85. The van der Waals surface area contributed by atoms with E-state index < -0.39 is 5.97 Å². The summed E-state index contributed by atoms with van der Waals surface area (Å²) in [4.78, 5) is 9.00. The van der Waals surface area contributed by atoms with Crippen LogP contribution in [0.15, 0.2) is 30.3 Å². The monoisotopic (exact) mass is 238 g/mol. The van der Waals surface area contributed by atoms with Crippen molar-refractivity contribution in [2.24, 2.45) is 5.92 Å². The van der Waals surface area contributed by atoms with Gasteiger partial charge in [0.2, 0.25) is 0 Å². The lowest BCUT2D eigenvalue weighted by Gasteiger charge is -2.08. The van der Waals surface area contributed by atoms with Crippen molar-refractivity contribution in [3.63, 3.8) is 0 Å². The highest BCUT2D eigenvalue weighted by Crippen LogP contribution is 2.11. The second-order valence-corrected chi connectivity index (χ2v) is 4.16. The van der Waals surface area contributed by atoms with Gasteiger partial charge in [-0.05, 0) is 30.7 Å². The summed E-state index contributed by atoms with van der Waals surface area (Å²) in [6, 6.07) is 10.5. The van der Waals surface area contributed by atoms with Crippen molar-refractivity contribution in [3.8, 4) is 0 Å². The fourth-order valence-corrected chi connectivity index (χ4v) is 1.42. The van der Waals surface area contributed by atoms with Gasteiger partial charge in [-0.1, -0.05) is 37.3 Å². The van der Waals surface area contributed by atoms with Gasteiger partial charge < -0.3 is 10.2 Å². The molecular weight excluding hydrogens is 216 g/mol. The van der Waals surface area contributed by atoms with Crippen LogP contribution in [0.2, 0.25) is 0 Å². The van der Waals surface area contributed by atoms with Crippen LogP contribution in [0, 0.1) is 5.92 Å². The lowest BCUT2D eigenvalue weighted by Crippen LogP contribution is -1.99. The molecule has 1 atom stereocenters. The molecule has 0 amide bonds. The van der Waals surface area contributed by atoms with Crippen molar-refractivity contribution < 1.29 is 15.0 Å². The summed E-state index contributed by atoms with van der Waals surface area (Å²) in [7, 11) is 0. The highest BCUT2D eigenvalue weighted by atomic mass is 16.4. The third-order valence-corrected chi connectivity index (χ3v) is 2.39. The Morgan fingerprint density at radius 2 is 1.76 bits per heavy atom. The second-order valence-electron chi connectivity index (χ2n) is 4.16. The van der Waals surface area contributed by atoms with E-state index in [1.54, 1.807) is 0 Å². The van der Waals surface area contributed by atoms with Crippen LogP contribution in [0.1, 0.15) is 32.3 Å². The summed E-state index contributed by atoms with van der Waals surface area (Å²) in [6.45, 7) is 3.59. The van der Waals surface area contributed by atoms with E-state index >= 15 is 0 Å². The molecule has 0 heterocycles. The average Bonchev–Trinajstić information content (AvgIpc) is 2.27. The molecule has 0 spiro atoms. The number of carboxylic acid groups (broad SMARTS) is 1. The molecule has 0 saturated carbocycles. The normalized spacial score (nSPS) is 11.2. The molecule has 96 valence electrons. The predicted octanol–water partition coefficient (Wildman–Crippen LogP) is 2.73. The average molecular weight is 238 g/mol. The molecule has 0 aliphatic carbocycles. The SMILES string of the molecule is CC(=O)O.CC(CCO)CCc1ccccc1. The predicted molar refractivity (Wildman–Crippen MR) is 68.9 cm³/mol. The summed E-state index contributed by atoms with van der Waals surface area (Å²) in [5.41, 5.74) is 1.40. The van der Waals surface area contributed by atoms with Gasteiger partial charge >= 0.3 is 0 Å². The molecule has 0 aliphatic heterocycles. The van der Waals surface area contributed by atoms with Crippen LogP contribution in [0.3, 0.4) is 0 Å². The molecule has 2 N–H and O–H groups in total. The molecule has 17 heavy (non-hydrogen) atoms. The first-order valence-electron chi connectivity index (χ1n) is 5.90. The Bertz CT molecular complexity index is 292. The zero-order valence-electron chi connectivity index (χ0n) is 10.6. The molecule has 1 rings (SSSR count). The van der Waals surface area contributed by atoms with E-state index in [1.165, 1.54) is 12.0 Å². The lowest BCUT2D eigenvalue weighted by molar-refractivity contribution is -0.134. The van der Waals surface area contributed by atoms with Gasteiger partial charge in [0, 0.05) is 13.5 Å². The van der Waals surface area contributed by atoms with E-state index in [-0.39, 0.29) is 0 Å². The molecule has 3 nitrogen and oxygen atoms in total. The fraction of sp³-hybridized carbons (Fsp3) is 0.500. The van der Waals surface area contributed by atoms with Crippen LogP contribution < -0.4 is 0 Å². The van der Waals surface area contributed by atoms with Crippen molar-refractivity contribution in [2.45, 2.75) is 33.1 Å². The van der Waals surface area contributed by atoms with Crippen LogP contribution in [-0.2, 0) is 11.2 Å². The molecule has 1 unspecified atom stereocenters. The first-order valence-corrected chi connectivity index (χ1v) is 5.90. The summed E-state index contributed by atoms with van der Waals surface area (Å²) < 4.78 is 0. The lowest BCUT2D eigenvalue weighted by atomic mass is 9.99. The Morgan fingerprint density at radius 1 is 1.24 bits per heavy atom. The van der Waals surface area contributed by atoms with Crippen LogP contribution in [0.4, 0.5) is 0 Å². The number of aliphatic hydroxyl groups excluding tert-OH is 1. The molecule has 1 aromatic carbocycles. The standard InChI is InChI=1S/C12H18O.C2H4O2/c1-11(9-10-13)7-8-12-5-3-2-4-6-12;1-2(3)4/h2-6,11,13H,7-10H2,1H3;1H3,(H,3,4). The number of aliphatic carboxylic acids is 1. The topological polar surface area (TPSA) is 57.5 Å². The van der Waals surface area contributed by atoms with Gasteiger partial charge in [0.25, 0.3) is 5.97 Å². The quantitative estimate of drug-likeness (QED) is 0.829. The van der Waals surface area contributed by atoms with Crippen LogP contribution >= 0.6 is 0 Å². The highest BCUT2D eigenvalue weighted by Gasteiger charge is 2.00. The van der Waals surface area contributed by atoms with Gasteiger partial charge in [-0.15, -0.1) is 0 Å². The van der Waals surface area contributed by atoms with Crippen molar-refractivity contribution in [1.82, 2.24) is 0 Å². The van der Waals surface area contributed by atoms with Gasteiger partial charge in [-0.3, -0.25) is 4.79 Å². The van der Waals surface area contributed by atoms with E-state index in [0.717, 1.165) is 19.8 Å². The third-order valence-electron chi connectivity index (χ3n) is 2.39. The first-order chi connectivity index (χ1) is 8.06. The molecule has 0 fully saturated rings. The number of carboxylic acids is 1. The van der Waals surface area contributed by atoms with Crippen molar-refractivity contribution >= 4 is 5.97 Å². The Hall–Kier alpha value is -1.35. The summed E-state index contributed by atoms with van der Waals surface area (Å²) in [5.74, 6) is -0.204. The van der Waals surface area contributed by atoms with Gasteiger partial charge in [0.1, 0.15) is 0 Å². The largest absolute Gasteiger partial charge is 0.481 e. The Labute approximate surface area is 103 Å². The van der Waals surface area contributed by atoms with Gasteiger partial charge in [0.05, 0.1) is 0 Å². The van der Waals surface area contributed by atoms with Crippen LogP contribution in [0.25, 0.3) is 0 Å². The smallest absolute Gasteiger partial charge is 0.300 e. The minimum Gasteiger partial charge on any atom is -0.481 e. The van der Waals surface area contributed by atoms with Gasteiger partial charge in [-0.25, -0.2) is 0 Å². The highest BCUT2D eigenvalue weighted by molar-refractivity contribution is 5.62. The van der Waals surface area contributed by atoms with Crippen molar-refractivity contribution in [3.05, 3.63) is 35.9 Å².